The number of carboxylic acid groups (broad SMARTS) is 1. The molecule has 0 spiro atoms. The van der Waals surface area contributed by atoms with Crippen LogP contribution in [-0.2, 0) is 29.7 Å². The number of aromatic nitrogens is 2. The van der Waals surface area contributed by atoms with E-state index in [0.717, 1.165) is 36.9 Å². The van der Waals surface area contributed by atoms with Crippen molar-refractivity contribution in [2.24, 2.45) is 0 Å². The molecule has 1 fully saturated rings. The molecule has 2 aliphatic rings. The number of aromatic carboxylic acids is 1. The van der Waals surface area contributed by atoms with E-state index < -0.39 is 11.4 Å². The molecule has 148 valence electrons. The van der Waals surface area contributed by atoms with Gasteiger partial charge in [0.1, 0.15) is 0 Å². The lowest BCUT2D eigenvalue weighted by molar-refractivity contribution is -0.138. The second kappa shape index (κ2) is 7.39. The van der Waals surface area contributed by atoms with Crippen LogP contribution in [0.2, 0.25) is 0 Å². The Kier molecular flexibility index (Phi) is 4.93. The van der Waals surface area contributed by atoms with Gasteiger partial charge in [0.05, 0.1) is 18.6 Å². The predicted molar refractivity (Wildman–Crippen MR) is 102 cm³/mol. The average molecular weight is 383 g/mol. The van der Waals surface area contributed by atoms with Crippen LogP contribution in [0.25, 0.3) is 0 Å². The fraction of sp³-hybridized carbons (Fsp3) is 0.476. The molecule has 0 unspecified atom stereocenters. The van der Waals surface area contributed by atoms with Crippen LogP contribution in [0.1, 0.15) is 53.0 Å². The first-order valence-corrected chi connectivity index (χ1v) is 9.84. The Labute approximate surface area is 163 Å². The van der Waals surface area contributed by atoms with Gasteiger partial charge in [0.15, 0.2) is 5.69 Å². The molecule has 1 saturated carbocycles. The number of aliphatic hydroxyl groups is 1. The molecule has 2 aromatic rings. The van der Waals surface area contributed by atoms with Crippen molar-refractivity contribution < 1.29 is 19.8 Å². The summed E-state index contributed by atoms with van der Waals surface area (Å²) in [6.45, 7) is 0.955. The van der Waals surface area contributed by atoms with Gasteiger partial charge < -0.3 is 15.1 Å². The molecule has 1 aromatic heterocycles. The number of hydrogen-bond donors (Lipinski definition) is 2. The van der Waals surface area contributed by atoms with Crippen molar-refractivity contribution in [3.8, 4) is 0 Å². The highest BCUT2D eigenvalue weighted by atomic mass is 16.4. The molecule has 2 N–H and O–H groups in total. The van der Waals surface area contributed by atoms with E-state index in [9.17, 15) is 19.8 Å². The van der Waals surface area contributed by atoms with Crippen molar-refractivity contribution in [1.29, 1.82) is 0 Å². The summed E-state index contributed by atoms with van der Waals surface area (Å²) in [5, 5.41) is 23.0. The van der Waals surface area contributed by atoms with E-state index in [2.05, 4.69) is 5.10 Å². The van der Waals surface area contributed by atoms with Crippen LogP contribution in [0.15, 0.2) is 30.3 Å². The first-order valence-electron chi connectivity index (χ1n) is 9.84. The zero-order valence-corrected chi connectivity index (χ0v) is 15.8. The minimum atomic E-state index is -1.10. The van der Waals surface area contributed by atoms with Crippen molar-refractivity contribution in [1.82, 2.24) is 14.7 Å². The molecular formula is C21H25N3O4. The maximum atomic E-state index is 13.7. The van der Waals surface area contributed by atoms with Gasteiger partial charge in [-0.15, -0.1) is 0 Å². The average Bonchev–Trinajstić information content (AvgIpc) is 3.34. The number of fused-ring (bicyclic) bond motifs is 1. The van der Waals surface area contributed by atoms with E-state index in [-0.39, 0.29) is 31.3 Å². The lowest BCUT2D eigenvalue weighted by atomic mass is 9.77. The first kappa shape index (κ1) is 18.7. The number of carbonyl (C=O) groups is 2. The zero-order valence-electron chi connectivity index (χ0n) is 15.8. The van der Waals surface area contributed by atoms with Gasteiger partial charge in [0.25, 0.3) is 0 Å². The molecule has 0 saturated heterocycles. The molecule has 4 rings (SSSR count). The molecule has 0 bridgehead atoms. The SMILES string of the molecule is O=C(O)c1nn(CCO)c2c1CN(C(=O)C1(c3ccccc3)CCCC1)CC2. The van der Waals surface area contributed by atoms with Crippen LogP contribution in [0, 0.1) is 0 Å². The van der Waals surface area contributed by atoms with E-state index >= 15 is 0 Å². The van der Waals surface area contributed by atoms with Gasteiger partial charge in [-0.2, -0.15) is 5.10 Å². The number of nitrogens with zero attached hydrogens (tertiary/aromatic N) is 3. The Morgan fingerprint density at radius 1 is 1.14 bits per heavy atom. The lowest BCUT2D eigenvalue weighted by Crippen LogP contribution is -2.47. The minimum absolute atomic E-state index is 0.0128. The molecule has 1 amide bonds. The fourth-order valence-electron chi connectivity index (χ4n) is 4.78. The Morgan fingerprint density at radius 2 is 1.86 bits per heavy atom. The highest BCUT2D eigenvalue weighted by Crippen LogP contribution is 2.43. The van der Waals surface area contributed by atoms with Crippen molar-refractivity contribution in [3.05, 3.63) is 52.8 Å². The number of rotatable bonds is 5. The van der Waals surface area contributed by atoms with Crippen LogP contribution < -0.4 is 0 Å². The van der Waals surface area contributed by atoms with E-state index in [4.69, 9.17) is 0 Å². The first-order chi connectivity index (χ1) is 13.6. The number of carbonyl (C=O) groups excluding carboxylic acids is 1. The summed E-state index contributed by atoms with van der Waals surface area (Å²) in [5.41, 5.74) is 1.94. The predicted octanol–water partition coefficient (Wildman–Crippen LogP) is 1.97. The topological polar surface area (TPSA) is 95.7 Å². The third kappa shape index (κ3) is 2.99. The van der Waals surface area contributed by atoms with Crippen LogP contribution in [-0.4, -0.2) is 49.9 Å². The largest absolute Gasteiger partial charge is 0.476 e. The Morgan fingerprint density at radius 3 is 2.50 bits per heavy atom. The molecule has 7 nitrogen and oxygen atoms in total. The molecule has 1 aliphatic heterocycles. The third-order valence-electron chi connectivity index (χ3n) is 6.13. The van der Waals surface area contributed by atoms with E-state index in [1.54, 1.807) is 9.58 Å². The Balaban J connectivity index is 1.67. The molecule has 28 heavy (non-hydrogen) atoms. The van der Waals surface area contributed by atoms with Gasteiger partial charge in [0.2, 0.25) is 5.91 Å². The van der Waals surface area contributed by atoms with Crippen molar-refractivity contribution in [2.45, 2.75) is 50.6 Å². The number of amides is 1. The summed E-state index contributed by atoms with van der Waals surface area (Å²) in [6, 6.07) is 9.95. The van der Waals surface area contributed by atoms with E-state index in [1.165, 1.54) is 0 Å². The monoisotopic (exact) mass is 383 g/mol. The highest BCUT2D eigenvalue weighted by Gasteiger charge is 2.46. The summed E-state index contributed by atoms with van der Waals surface area (Å²) in [7, 11) is 0. The summed E-state index contributed by atoms with van der Waals surface area (Å²) in [5.74, 6) is -1.01. The standard InChI is InChI=1S/C21H25N3O4/c25-13-12-24-17-8-11-23(14-16(17)18(22-24)19(26)27)20(28)21(9-4-5-10-21)15-6-2-1-3-7-15/h1-3,6-7,25H,4-5,8-14H2,(H,26,27). The van der Waals surface area contributed by atoms with E-state index in [1.807, 2.05) is 30.3 Å². The molecule has 2 heterocycles. The summed E-state index contributed by atoms with van der Waals surface area (Å²) in [4.78, 5) is 27.1. The Hall–Kier alpha value is -2.67. The van der Waals surface area contributed by atoms with Gasteiger partial charge in [0, 0.05) is 30.8 Å². The molecule has 1 aliphatic carbocycles. The maximum Gasteiger partial charge on any atom is 0.356 e. The van der Waals surface area contributed by atoms with Crippen LogP contribution in [0.4, 0.5) is 0 Å². The van der Waals surface area contributed by atoms with Crippen LogP contribution in [0.3, 0.4) is 0 Å². The molecule has 7 heteroatoms. The Bertz CT molecular complexity index is 885. The quantitative estimate of drug-likeness (QED) is 0.823. The van der Waals surface area contributed by atoms with Gasteiger partial charge in [-0.25, -0.2) is 4.79 Å². The molecule has 0 radical (unpaired) electrons. The smallest absolute Gasteiger partial charge is 0.356 e. The second-order valence-corrected chi connectivity index (χ2v) is 7.66. The van der Waals surface area contributed by atoms with Crippen molar-refractivity contribution >= 4 is 11.9 Å². The lowest BCUT2D eigenvalue weighted by Gasteiger charge is -2.37. The summed E-state index contributed by atoms with van der Waals surface area (Å²) >= 11 is 0. The molecule has 1 aromatic carbocycles. The van der Waals surface area contributed by atoms with Crippen LogP contribution >= 0.6 is 0 Å². The van der Waals surface area contributed by atoms with Crippen molar-refractivity contribution in [2.75, 3.05) is 13.2 Å². The maximum absolute atomic E-state index is 13.7. The number of benzene rings is 1. The molecule has 0 atom stereocenters. The van der Waals surface area contributed by atoms with Gasteiger partial charge in [-0.3, -0.25) is 9.48 Å². The van der Waals surface area contributed by atoms with E-state index in [0.29, 0.717) is 18.5 Å². The summed E-state index contributed by atoms with van der Waals surface area (Å²) < 4.78 is 1.57. The third-order valence-corrected chi connectivity index (χ3v) is 6.13. The van der Waals surface area contributed by atoms with Crippen molar-refractivity contribution in [3.63, 3.8) is 0 Å². The minimum Gasteiger partial charge on any atom is -0.476 e. The van der Waals surface area contributed by atoms with Gasteiger partial charge in [-0.1, -0.05) is 43.2 Å². The number of carboxylic acids is 1. The highest BCUT2D eigenvalue weighted by molar-refractivity contribution is 5.90. The molecular weight excluding hydrogens is 358 g/mol. The number of hydrogen-bond acceptors (Lipinski definition) is 4. The zero-order chi connectivity index (χ0) is 19.7. The van der Waals surface area contributed by atoms with Gasteiger partial charge in [-0.05, 0) is 18.4 Å². The normalized spacial score (nSPS) is 18.1. The summed E-state index contributed by atoms with van der Waals surface area (Å²) in [6.07, 6.45) is 4.25. The van der Waals surface area contributed by atoms with Crippen LogP contribution in [0.5, 0.6) is 0 Å². The second-order valence-electron chi connectivity index (χ2n) is 7.66. The van der Waals surface area contributed by atoms with Gasteiger partial charge >= 0.3 is 5.97 Å². The fourth-order valence-corrected chi connectivity index (χ4v) is 4.78. The number of aliphatic hydroxyl groups excluding tert-OH is 1.